The normalized spacial score (nSPS) is 10.7. The lowest BCUT2D eigenvalue weighted by Gasteiger charge is -2.06. The minimum atomic E-state index is -0.242. The van der Waals surface area contributed by atoms with E-state index in [4.69, 9.17) is 16.3 Å². The Morgan fingerprint density at radius 3 is 2.33 bits per heavy atom. The average molecular weight is 379 g/mol. The number of hydrazone groups is 1. The molecule has 0 aliphatic heterocycles. The number of carbonyl (C=O) groups excluding carboxylic acids is 1. The molecule has 0 aromatic heterocycles. The lowest BCUT2D eigenvalue weighted by molar-refractivity contribution is 0.0955. The number of aryl methyl sites for hydroxylation is 1. The van der Waals surface area contributed by atoms with Crippen LogP contribution in [0, 0.1) is 6.92 Å². The van der Waals surface area contributed by atoms with Crippen LogP contribution in [-0.2, 0) is 6.61 Å². The first kappa shape index (κ1) is 18.7. The number of ether oxygens (including phenoxy) is 1. The van der Waals surface area contributed by atoms with Crippen molar-refractivity contribution in [2.24, 2.45) is 5.10 Å². The molecule has 0 radical (unpaired) electrons. The van der Waals surface area contributed by atoms with E-state index in [1.165, 1.54) is 0 Å². The molecule has 0 saturated heterocycles. The van der Waals surface area contributed by atoms with Crippen LogP contribution in [0.25, 0.3) is 0 Å². The van der Waals surface area contributed by atoms with Gasteiger partial charge in [0.05, 0.1) is 6.21 Å². The largest absolute Gasteiger partial charge is 0.489 e. The molecule has 3 aromatic carbocycles. The Bertz CT molecular complexity index is 918. The summed E-state index contributed by atoms with van der Waals surface area (Å²) < 4.78 is 5.74. The van der Waals surface area contributed by atoms with Crippen LogP contribution in [-0.4, -0.2) is 12.1 Å². The topological polar surface area (TPSA) is 50.7 Å². The Balaban J connectivity index is 1.50. The lowest BCUT2D eigenvalue weighted by Crippen LogP contribution is -2.17. The Hall–Kier alpha value is -3.11. The van der Waals surface area contributed by atoms with Gasteiger partial charge in [0.2, 0.25) is 0 Å². The van der Waals surface area contributed by atoms with Crippen molar-refractivity contribution in [1.29, 1.82) is 0 Å². The molecular weight excluding hydrogens is 360 g/mol. The van der Waals surface area contributed by atoms with Gasteiger partial charge in [-0.15, -0.1) is 0 Å². The SMILES string of the molecule is Cc1ccc(C(=O)N/N=C/c2ccc(OCc3ccc(Cl)cc3)cc2)cc1. The second-order valence-corrected chi connectivity index (χ2v) is 6.49. The summed E-state index contributed by atoms with van der Waals surface area (Å²) >= 11 is 5.87. The van der Waals surface area contributed by atoms with Crippen molar-refractivity contribution in [3.8, 4) is 5.75 Å². The number of rotatable bonds is 6. The van der Waals surface area contributed by atoms with Crippen molar-refractivity contribution < 1.29 is 9.53 Å². The highest BCUT2D eigenvalue weighted by molar-refractivity contribution is 6.30. The van der Waals surface area contributed by atoms with Gasteiger partial charge >= 0.3 is 0 Å². The minimum Gasteiger partial charge on any atom is -0.489 e. The van der Waals surface area contributed by atoms with E-state index < -0.39 is 0 Å². The van der Waals surface area contributed by atoms with E-state index in [0.717, 1.165) is 22.4 Å². The average Bonchev–Trinajstić information content (AvgIpc) is 2.69. The molecule has 0 aliphatic carbocycles. The van der Waals surface area contributed by atoms with Gasteiger partial charge in [0, 0.05) is 10.6 Å². The van der Waals surface area contributed by atoms with E-state index in [-0.39, 0.29) is 5.91 Å². The van der Waals surface area contributed by atoms with Gasteiger partial charge in [0.15, 0.2) is 0 Å². The smallest absolute Gasteiger partial charge is 0.271 e. The molecule has 0 aliphatic rings. The number of hydrogen-bond acceptors (Lipinski definition) is 3. The summed E-state index contributed by atoms with van der Waals surface area (Å²) in [5.74, 6) is 0.514. The number of hydrogen-bond donors (Lipinski definition) is 1. The second-order valence-electron chi connectivity index (χ2n) is 6.05. The molecule has 27 heavy (non-hydrogen) atoms. The maximum Gasteiger partial charge on any atom is 0.271 e. The van der Waals surface area contributed by atoms with E-state index in [0.29, 0.717) is 17.2 Å². The second kappa shape index (κ2) is 9.01. The molecule has 1 N–H and O–H groups in total. The number of nitrogens with zero attached hydrogens (tertiary/aromatic N) is 1. The van der Waals surface area contributed by atoms with Gasteiger partial charge < -0.3 is 4.74 Å². The first-order chi connectivity index (χ1) is 13.1. The summed E-state index contributed by atoms with van der Waals surface area (Å²) in [7, 11) is 0. The zero-order valence-electron chi connectivity index (χ0n) is 14.9. The molecule has 0 bridgehead atoms. The van der Waals surface area contributed by atoms with Crippen molar-refractivity contribution in [2.75, 3.05) is 0 Å². The summed E-state index contributed by atoms with van der Waals surface area (Å²) in [6.07, 6.45) is 1.59. The van der Waals surface area contributed by atoms with Gasteiger partial charge in [-0.05, 0) is 66.6 Å². The van der Waals surface area contributed by atoms with E-state index in [2.05, 4.69) is 10.5 Å². The zero-order chi connectivity index (χ0) is 19.1. The first-order valence-corrected chi connectivity index (χ1v) is 8.85. The summed E-state index contributed by atoms with van der Waals surface area (Å²) in [4.78, 5) is 12.0. The molecule has 3 aromatic rings. The van der Waals surface area contributed by atoms with Crippen molar-refractivity contribution in [1.82, 2.24) is 5.43 Å². The molecule has 0 fully saturated rings. The highest BCUT2D eigenvalue weighted by Crippen LogP contribution is 2.15. The van der Waals surface area contributed by atoms with Crippen molar-refractivity contribution in [3.63, 3.8) is 0 Å². The quantitative estimate of drug-likeness (QED) is 0.485. The third-order valence-corrected chi connectivity index (χ3v) is 4.14. The fourth-order valence-electron chi connectivity index (χ4n) is 2.33. The highest BCUT2D eigenvalue weighted by atomic mass is 35.5. The van der Waals surface area contributed by atoms with Crippen LogP contribution in [0.15, 0.2) is 77.9 Å². The van der Waals surface area contributed by atoms with Crippen LogP contribution in [0.3, 0.4) is 0 Å². The predicted octanol–water partition coefficient (Wildman–Crippen LogP) is 4.99. The number of halogens is 1. The zero-order valence-corrected chi connectivity index (χ0v) is 15.6. The molecule has 4 nitrogen and oxygen atoms in total. The molecule has 136 valence electrons. The van der Waals surface area contributed by atoms with Crippen LogP contribution >= 0.6 is 11.6 Å². The number of benzene rings is 3. The molecular formula is C22H19ClN2O2. The van der Waals surface area contributed by atoms with Crippen LogP contribution in [0.2, 0.25) is 5.02 Å². The Morgan fingerprint density at radius 2 is 1.67 bits per heavy atom. The Morgan fingerprint density at radius 1 is 1.00 bits per heavy atom. The van der Waals surface area contributed by atoms with E-state index in [1.807, 2.05) is 67.6 Å². The minimum absolute atomic E-state index is 0.242. The van der Waals surface area contributed by atoms with Gasteiger partial charge in [-0.25, -0.2) is 5.43 Å². The highest BCUT2D eigenvalue weighted by Gasteiger charge is 2.02. The molecule has 0 saturated carbocycles. The van der Waals surface area contributed by atoms with E-state index in [9.17, 15) is 4.79 Å². The van der Waals surface area contributed by atoms with Gasteiger partial charge in [-0.1, -0.05) is 41.4 Å². The van der Waals surface area contributed by atoms with Gasteiger partial charge in [0.1, 0.15) is 12.4 Å². The van der Waals surface area contributed by atoms with Crippen LogP contribution in [0.1, 0.15) is 27.0 Å². The fourth-order valence-corrected chi connectivity index (χ4v) is 2.46. The lowest BCUT2D eigenvalue weighted by atomic mass is 10.1. The third-order valence-electron chi connectivity index (χ3n) is 3.89. The molecule has 0 atom stereocenters. The summed E-state index contributed by atoms with van der Waals surface area (Å²) in [5.41, 5.74) is 6.10. The molecule has 0 spiro atoms. The van der Waals surface area contributed by atoms with Crippen molar-refractivity contribution in [2.45, 2.75) is 13.5 Å². The standard InChI is InChI=1S/C22H19ClN2O2/c1-16-2-8-19(9-3-16)22(26)25-24-14-17-6-12-21(13-7-17)27-15-18-4-10-20(23)11-5-18/h2-14H,15H2,1H3,(H,25,26)/b24-14+. The Kier molecular flexibility index (Phi) is 6.23. The Labute approximate surface area is 163 Å². The maximum atomic E-state index is 12.0. The molecule has 3 rings (SSSR count). The van der Waals surface area contributed by atoms with Gasteiger partial charge in [0.25, 0.3) is 5.91 Å². The van der Waals surface area contributed by atoms with Gasteiger partial charge in [-0.3, -0.25) is 4.79 Å². The van der Waals surface area contributed by atoms with Crippen LogP contribution < -0.4 is 10.2 Å². The maximum absolute atomic E-state index is 12.0. The summed E-state index contributed by atoms with van der Waals surface area (Å²) in [6.45, 7) is 2.44. The number of amides is 1. The molecule has 0 unspecified atom stereocenters. The number of carbonyl (C=O) groups is 1. The van der Waals surface area contributed by atoms with Crippen LogP contribution in [0.5, 0.6) is 5.75 Å². The summed E-state index contributed by atoms with van der Waals surface area (Å²) in [5, 5.41) is 4.70. The predicted molar refractivity (Wildman–Crippen MR) is 108 cm³/mol. The summed E-state index contributed by atoms with van der Waals surface area (Å²) in [6, 6.07) is 22.3. The monoisotopic (exact) mass is 378 g/mol. The number of nitrogens with one attached hydrogen (secondary N) is 1. The van der Waals surface area contributed by atoms with Crippen molar-refractivity contribution in [3.05, 3.63) is 100 Å². The van der Waals surface area contributed by atoms with Crippen LogP contribution in [0.4, 0.5) is 0 Å². The first-order valence-electron chi connectivity index (χ1n) is 8.47. The third kappa shape index (κ3) is 5.69. The van der Waals surface area contributed by atoms with Crippen molar-refractivity contribution >= 4 is 23.7 Å². The molecule has 5 heteroatoms. The molecule has 0 heterocycles. The molecule has 1 amide bonds. The van der Waals surface area contributed by atoms with E-state index >= 15 is 0 Å². The van der Waals surface area contributed by atoms with Gasteiger partial charge in [-0.2, -0.15) is 5.10 Å². The van der Waals surface area contributed by atoms with E-state index in [1.54, 1.807) is 18.3 Å². The fraction of sp³-hybridized carbons (Fsp3) is 0.0909.